The molecule has 0 aliphatic rings. The van der Waals surface area contributed by atoms with E-state index in [0.717, 1.165) is 4.88 Å². The van der Waals surface area contributed by atoms with E-state index in [1.807, 2.05) is 0 Å². The zero-order valence-corrected chi connectivity index (χ0v) is 14.8. The maximum atomic E-state index is 12.1. The van der Waals surface area contributed by atoms with Crippen molar-refractivity contribution in [1.82, 2.24) is 9.78 Å². The van der Waals surface area contributed by atoms with Crippen LogP contribution in [0.2, 0.25) is 5.02 Å². The Hall–Kier alpha value is -2.64. The number of hydrogen-bond donors (Lipinski definition) is 1. The van der Waals surface area contributed by atoms with Crippen LogP contribution in [0.25, 0.3) is 10.6 Å². The van der Waals surface area contributed by atoms with E-state index in [4.69, 9.17) is 16.3 Å². The third-order valence-corrected chi connectivity index (χ3v) is 4.62. The van der Waals surface area contributed by atoms with Gasteiger partial charge in [-0.3, -0.25) is 9.48 Å². The van der Waals surface area contributed by atoms with E-state index in [-0.39, 0.29) is 18.4 Å². The predicted octanol–water partition coefficient (Wildman–Crippen LogP) is 3.69. The van der Waals surface area contributed by atoms with Gasteiger partial charge in [0.15, 0.2) is 0 Å². The van der Waals surface area contributed by atoms with Crippen molar-refractivity contribution in [3.05, 3.63) is 58.6 Å². The molecule has 0 atom stereocenters. The van der Waals surface area contributed by atoms with Gasteiger partial charge in [0.1, 0.15) is 17.1 Å². The number of hydrogen-bond acceptors (Lipinski definition) is 5. The molecular weight excluding hydrogens is 362 g/mol. The van der Waals surface area contributed by atoms with Gasteiger partial charge >= 0.3 is 5.97 Å². The molecule has 8 heteroatoms. The first-order valence-corrected chi connectivity index (χ1v) is 8.52. The van der Waals surface area contributed by atoms with E-state index >= 15 is 0 Å². The number of ether oxygens (including phenoxy) is 1. The van der Waals surface area contributed by atoms with Crippen LogP contribution in [0.15, 0.2) is 48.7 Å². The SMILES string of the molecule is COC(=O)c1ccc(-c2ccn(CC(=O)Nc3cccc(Cl)c3)n2)s1. The molecular formula is C17H14ClN3O3S. The third kappa shape index (κ3) is 4.26. The first-order chi connectivity index (χ1) is 12.0. The van der Waals surface area contributed by atoms with Crippen molar-refractivity contribution in [2.75, 3.05) is 12.4 Å². The van der Waals surface area contributed by atoms with Gasteiger partial charge < -0.3 is 10.1 Å². The van der Waals surface area contributed by atoms with Gasteiger partial charge in [-0.1, -0.05) is 17.7 Å². The zero-order valence-electron chi connectivity index (χ0n) is 13.2. The number of methoxy groups -OCH3 is 1. The first-order valence-electron chi connectivity index (χ1n) is 7.32. The van der Waals surface area contributed by atoms with Gasteiger partial charge in [-0.25, -0.2) is 4.79 Å². The Morgan fingerprint density at radius 2 is 2.12 bits per heavy atom. The molecule has 3 aromatic rings. The number of aromatic nitrogens is 2. The molecule has 0 radical (unpaired) electrons. The molecule has 0 saturated carbocycles. The third-order valence-electron chi connectivity index (χ3n) is 3.30. The van der Waals surface area contributed by atoms with Crippen LogP contribution in [0.4, 0.5) is 5.69 Å². The smallest absolute Gasteiger partial charge is 0.348 e. The van der Waals surface area contributed by atoms with E-state index in [1.54, 1.807) is 48.7 Å². The second kappa shape index (κ2) is 7.50. The molecule has 0 spiro atoms. The molecule has 6 nitrogen and oxygen atoms in total. The molecule has 0 aliphatic heterocycles. The average Bonchev–Trinajstić information content (AvgIpc) is 3.23. The van der Waals surface area contributed by atoms with Gasteiger partial charge in [0.25, 0.3) is 0 Å². The highest BCUT2D eigenvalue weighted by molar-refractivity contribution is 7.17. The molecule has 128 valence electrons. The molecule has 2 heterocycles. The molecule has 0 aliphatic carbocycles. The van der Waals surface area contributed by atoms with E-state index in [1.165, 1.54) is 23.1 Å². The summed E-state index contributed by atoms with van der Waals surface area (Å²) >= 11 is 7.18. The highest BCUT2D eigenvalue weighted by Gasteiger charge is 2.12. The Bertz CT molecular complexity index is 919. The lowest BCUT2D eigenvalue weighted by molar-refractivity contribution is -0.116. The van der Waals surface area contributed by atoms with Crippen LogP contribution in [0.5, 0.6) is 0 Å². The van der Waals surface area contributed by atoms with E-state index in [0.29, 0.717) is 21.3 Å². The van der Waals surface area contributed by atoms with Crippen molar-refractivity contribution in [3.63, 3.8) is 0 Å². The van der Waals surface area contributed by atoms with Crippen LogP contribution in [0.3, 0.4) is 0 Å². The van der Waals surface area contributed by atoms with Crippen LogP contribution in [0.1, 0.15) is 9.67 Å². The number of benzene rings is 1. The fraction of sp³-hybridized carbons (Fsp3) is 0.118. The topological polar surface area (TPSA) is 73.2 Å². The fourth-order valence-corrected chi connectivity index (χ4v) is 3.26. The summed E-state index contributed by atoms with van der Waals surface area (Å²) in [6.07, 6.45) is 1.71. The van der Waals surface area contributed by atoms with Crippen molar-refractivity contribution in [2.45, 2.75) is 6.54 Å². The lowest BCUT2D eigenvalue weighted by Gasteiger charge is -2.05. The molecule has 25 heavy (non-hydrogen) atoms. The quantitative estimate of drug-likeness (QED) is 0.690. The minimum absolute atomic E-state index is 0.0712. The molecule has 2 aromatic heterocycles. The van der Waals surface area contributed by atoms with Gasteiger partial charge in [0.05, 0.1) is 12.0 Å². The Morgan fingerprint density at radius 3 is 2.88 bits per heavy atom. The number of carbonyl (C=O) groups is 2. The summed E-state index contributed by atoms with van der Waals surface area (Å²) in [6.45, 7) is 0.0712. The number of rotatable bonds is 5. The van der Waals surface area contributed by atoms with Crippen molar-refractivity contribution in [3.8, 4) is 10.6 Å². The van der Waals surface area contributed by atoms with Gasteiger partial charge in [0.2, 0.25) is 5.91 Å². The van der Waals surface area contributed by atoms with Crippen molar-refractivity contribution in [2.24, 2.45) is 0 Å². The van der Waals surface area contributed by atoms with E-state index in [9.17, 15) is 9.59 Å². The number of carbonyl (C=O) groups excluding carboxylic acids is 2. The average molecular weight is 376 g/mol. The molecule has 1 N–H and O–H groups in total. The normalized spacial score (nSPS) is 10.5. The van der Waals surface area contributed by atoms with Crippen molar-refractivity contribution in [1.29, 1.82) is 0 Å². The molecule has 0 saturated heterocycles. The number of thiophene rings is 1. The Balaban J connectivity index is 1.66. The standard InChI is InChI=1S/C17H14ClN3O3S/c1-24-17(23)15-6-5-14(25-15)13-7-8-21(20-13)10-16(22)19-12-4-2-3-11(18)9-12/h2-9H,10H2,1H3,(H,19,22). The molecule has 1 amide bonds. The summed E-state index contributed by atoms with van der Waals surface area (Å²) < 4.78 is 6.23. The highest BCUT2D eigenvalue weighted by atomic mass is 35.5. The number of nitrogens with one attached hydrogen (secondary N) is 1. The summed E-state index contributed by atoms with van der Waals surface area (Å²) in [4.78, 5) is 24.9. The Kier molecular flexibility index (Phi) is 5.16. The second-order valence-electron chi connectivity index (χ2n) is 5.11. The van der Waals surface area contributed by atoms with Gasteiger partial charge in [0, 0.05) is 16.9 Å². The monoisotopic (exact) mass is 375 g/mol. The summed E-state index contributed by atoms with van der Waals surface area (Å²) in [5.74, 6) is -0.588. The number of esters is 1. The number of amides is 1. The molecule has 0 bridgehead atoms. The van der Waals surface area contributed by atoms with Crippen LogP contribution in [-0.2, 0) is 16.1 Å². The number of halogens is 1. The van der Waals surface area contributed by atoms with Crippen LogP contribution >= 0.6 is 22.9 Å². The lowest BCUT2D eigenvalue weighted by Crippen LogP contribution is -2.19. The molecule has 0 fully saturated rings. The Labute approximate surface area is 153 Å². The number of anilines is 1. The molecule has 0 unspecified atom stereocenters. The van der Waals surface area contributed by atoms with Crippen LogP contribution in [0, 0.1) is 0 Å². The van der Waals surface area contributed by atoms with Gasteiger partial charge in [-0.05, 0) is 36.4 Å². The largest absolute Gasteiger partial charge is 0.465 e. The number of nitrogens with zero attached hydrogens (tertiary/aromatic N) is 2. The predicted molar refractivity (Wildman–Crippen MR) is 97.0 cm³/mol. The van der Waals surface area contributed by atoms with Gasteiger partial charge in [-0.15, -0.1) is 11.3 Å². The second-order valence-corrected chi connectivity index (χ2v) is 6.63. The highest BCUT2D eigenvalue weighted by Crippen LogP contribution is 2.27. The molecule has 1 aromatic carbocycles. The van der Waals surface area contributed by atoms with Crippen molar-refractivity contribution >= 4 is 40.5 Å². The Morgan fingerprint density at radius 1 is 1.28 bits per heavy atom. The minimum atomic E-state index is -0.378. The van der Waals surface area contributed by atoms with Crippen LogP contribution in [-0.4, -0.2) is 28.8 Å². The minimum Gasteiger partial charge on any atom is -0.465 e. The summed E-state index contributed by atoms with van der Waals surface area (Å²) in [5, 5.41) is 7.68. The summed E-state index contributed by atoms with van der Waals surface area (Å²) in [5.41, 5.74) is 1.32. The van der Waals surface area contributed by atoms with E-state index in [2.05, 4.69) is 10.4 Å². The zero-order chi connectivity index (χ0) is 17.8. The lowest BCUT2D eigenvalue weighted by atomic mass is 10.3. The van der Waals surface area contributed by atoms with Gasteiger partial charge in [-0.2, -0.15) is 5.10 Å². The van der Waals surface area contributed by atoms with E-state index < -0.39 is 0 Å². The maximum absolute atomic E-state index is 12.1. The maximum Gasteiger partial charge on any atom is 0.348 e. The summed E-state index contributed by atoms with van der Waals surface area (Å²) in [7, 11) is 1.34. The fourth-order valence-electron chi connectivity index (χ4n) is 2.18. The van der Waals surface area contributed by atoms with Crippen LogP contribution < -0.4 is 5.32 Å². The molecule has 3 rings (SSSR count). The summed E-state index contributed by atoms with van der Waals surface area (Å²) in [6, 6.07) is 12.2. The van der Waals surface area contributed by atoms with Crippen molar-refractivity contribution < 1.29 is 14.3 Å². The first kappa shape index (κ1) is 17.2.